The van der Waals surface area contributed by atoms with Gasteiger partial charge in [-0.25, -0.2) is 0 Å². The van der Waals surface area contributed by atoms with Gasteiger partial charge >= 0.3 is 0 Å². The summed E-state index contributed by atoms with van der Waals surface area (Å²) in [6.07, 6.45) is 2.02. The van der Waals surface area contributed by atoms with E-state index < -0.39 is 0 Å². The molecule has 0 radical (unpaired) electrons. The Morgan fingerprint density at radius 3 is 2.64 bits per heavy atom. The molecule has 1 atom stereocenters. The van der Waals surface area contributed by atoms with Crippen LogP contribution in [-0.2, 0) is 4.79 Å². The lowest BCUT2D eigenvalue weighted by molar-refractivity contribution is -0.130. The molecule has 0 aliphatic carbocycles. The van der Waals surface area contributed by atoms with Gasteiger partial charge in [-0.3, -0.25) is 10.1 Å². The lowest BCUT2D eigenvalue weighted by atomic mass is 9.96. The van der Waals surface area contributed by atoms with Crippen LogP contribution in [0.15, 0.2) is 0 Å². The van der Waals surface area contributed by atoms with Crippen molar-refractivity contribution in [2.24, 2.45) is 5.41 Å². The number of amides is 1. The first-order valence-electron chi connectivity index (χ1n) is 5.46. The number of carbonyl (C=O) groups is 1. The van der Waals surface area contributed by atoms with Gasteiger partial charge in [-0.15, -0.1) is 0 Å². The molecule has 3 nitrogen and oxygen atoms in total. The molecule has 1 heterocycles. The van der Waals surface area contributed by atoms with Crippen molar-refractivity contribution < 1.29 is 4.79 Å². The lowest BCUT2D eigenvalue weighted by Gasteiger charge is -2.25. The minimum Gasteiger partial charge on any atom is -0.328 e. The summed E-state index contributed by atoms with van der Waals surface area (Å²) in [5.74, 6) is 0.279. The van der Waals surface area contributed by atoms with Gasteiger partial charge in [-0.1, -0.05) is 34.1 Å². The minimum atomic E-state index is 0.0716. The van der Waals surface area contributed by atoms with Crippen molar-refractivity contribution in [1.82, 2.24) is 10.2 Å². The number of carbonyl (C=O) groups excluding carboxylic acids is 1. The van der Waals surface area contributed by atoms with Crippen LogP contribution in [0.3, 0.4) is 0 Å². The number of hydrogen-bond donors (Lipinski definition) is 1. The molecule has 0 saturated carbocycles. The highest BCUT2D eigenvalue weighted by atomic mass is 16.2. The first-order valence-corrected chi connectivity index (χ1v) is 5.46. The van der Waals surface area contributed by atoms with Crippen LogP contribution in [-0.4, -0.2) is 30.1 Å². The molecular formula is C11H22N2O. The van der Waals surface area contributed by atoms with Crippen molar-refractivity contribution in [3.05, 3.63) is 0 Å². The monoisotopic (exact) mass is 198 g/mol. The van der Waals surface area contributed by atoms with Gasteiger partial charge in [0.2, 0.25) is 5.91 Å². The fraction of sp³-hybridized carbons (Fsp3) is 0.909. The molecule has 0 spiro atoms. The van der Waals surface area contributed by atoms with Crippen molar-refractivity contribution in [3.63, 3.8) is 0 Å². The highest BCUT2D eigenvalue weighted by Crippen LogP contribution is 2.18. The summed E-state index contributed by atoms with van der Waals surface area (Å²) in [4.78, 5) is 13.8. The quantitative estimate of drug-likeness (QED) is 0.747. The van der Waals surface area contributed by atoms with E-state index in [-0.39, 0.29) is 17.4 Å². The summed E-state index contributed by atoms with van der Waals surface area (Å²) in [5, 5.41) is 3.26. The number of nitrogens with one attached hydrogen (secondary N) is 1. The van der Waals surface area contributed by atoms with E-state index >= 15 is 0 Å². The smallest absolute Gasteiger partial charge is 0.240 e. The zero-order chi connectivity index (χ0) is 10.8. The third kappa shape index (κ3) is 2.98. The molecule has 82 valence electrons. The summed E-state index contributed by atoms with van der Waals surface area (Å²) in [6.45, 7) is 10.2. The molecule has 0 bridgehead atoms. The van der Waals surface area contributed by atoms with Crippen molar-refractivity contribution in [2.45, 2.75) is 46.6 Å². The third-order valence-corrected chi connectivity index (χ3v) is 2.38. The first kappa shape index (κ1) is 11.5. The molecule has 0 aromatic heterocycles. The largest absolute Gasteiger partial charge is 0.328 e. The Kier molecular flexibility index (Phi) is 3.53. The Bertz CT molecular complexity index is 208. The standard InChI is InChI=1S/C11H22N2O/c1-5-6-9-10(14)13(8-12-9)7-11(2,3)4/h9,12H,5-8H2,1-4H3. The topological polar surface area (TPSA) is 32.3 Å². The zero-order valence-corrected chi connectivity index (χ0v) is 9.76. The number of nitrogens with zero attached hydrogens (tertiary/aromatic N) is 1. The molecule has 1 unspecified atom stereocenters. The molecule has 1 amide bonds. The van der Waals surface area contributed by atoms with Gasteiger partial charge in [0, 0.05) is 6.54 Å². The molecular weight excluding hydrogens is 176 g/mol. The van der Waals surface area contributed by atoms with Crippen molar-refractivity contribution in [3.8, 4) is 0 Å². The maximum atomic E-state index is 11.8. The molecule has 1 N–H and O–H groups in total. The molecule has 1 saturated heterocycles. The van der Waals surface area contributed by atoms with Crippen LogP contribution in [0.5, 0.6) is 0 Å². The fourth-order valence-electron chi connectivity index (χ4n) is 1.83. The Morgan fingerprint density at radius 1 is 1.50 bits per heavy atom. The van der Waals surface area contributed by atoms with Crippen LogP contribution >= 0.6 is 0 Å². The van der Waals surface area contributed by atoms with E-state index in [1.807, 2.05) is 4.90 Å². The second-order valence-electron chi connectivity index (χ2n) is 5.30. The van der Waals surface area contributed by atoms with E-state index in [1.165, 1.54) is 0 Å². The summed E-state index contributed by atoms with van der Waals surface area (Å²) in [6, 6.07) is 0.0716. The maximum absolute atomic E-state index is 11.8. The third-order valence-electron chi connectivity index (χ3n) is 2.38. The maximum Gasteiger partial charge on any atom is 0.240 e. The molecule has 1 rings (SSSR count). The highest BCUT2D eigenvalue weighted by molar-refractivity contribution is 5.83. The van der Waals surface area contributed by atoms with Gasteiger partial charge in [0.15, 0.2) is 0 Å². The van der Waals surface area contributed by atoms with Crippen LogP contribution in [0.1, 0.15) is 40.5 Å². The second kappa shape index (κ2) is 4.30. The van der Waals surface area contributed by atoms with Crippen LogP contribution in [0.25, 0.3) is 0 Å². The molecule has 1 aliphatic rings. The molecule has 0 aromatic carbocycles. The molecule has 0 aromatic rings. The molecule has 1 aliphatic heterocycles. The van der Waals surface area contributed by atoms with Crippen LogP contribution in [0.4, 0.5) is 0 Å². The minimum absolute atomic E-state index is 0.0716. The average Bonchev–Trinajstić information content (AvgIpc) is 2.34. The number of hydrogen-bond acceptors (Lipinski definition) is 2. The van der Waals surface area contributed by atoms with E-state index in [0.29, 0.717) is 0 Å². The van der Waals surface area contributed by atoms with Crippen molar-refractivity contribution in [1.29, 1.82) is 0 Å². The highest BCUT2D eigenvalue weighted by Gasteiger charge is 2.32. The molecule has 1 fully saturated rings. The van der Waals surface area contributed by atoms with Crippen LogP contribution in [0.2, 0.25) is 0 Å². The van der Waals surface area contributed by atoms with Crippen molar-refractivity contribution in [2.75, 3.05) is 13.2 Å². The van der Waals surface area contributed by atoms with E-state index in [1.54, 1.807) is 0 Å². The SMILES string of the molecule is CCCC1NCN(CC(C)(C)C)C1=O. The van der Waals surface area contributed by atoms with Crippen LogP contribution in [0, 0.1) is 5.41 Å². The first-order chi connectivity index (χ1) is 6.44. The Labute approximate surface area is 86.9 Å². The zero-order valence-electron chi connectivity index (χ0n) is 9.76. The summed E-state index contributed by atoms with van der Waals surface area (Å²) in [5.41, 5.74) is 0.193. The van der Waals surface area contributed by atoms with Crippen molar-refractivity contribution >= 4 is 5.91 Å². The summed E-state index contributed by atoms with van der Waals surface area (Å²) >= 11 is 0. The van der Waals surface area contributed by atoms with Gasteiger partial charge in [0.05, 0.1) is 12.7 Å². The predicted octanol–water partition coefficient (Wildman–Crippen LogP) is 1.59. The number of rotatable bonds is 3. The Morgan fingerprint density at radius 2 is 2.14 bits per heavy atom. The average molecular weight is 198 g/mol. The molecule has 14 heavy (non-hydrogen) atoms. The second-order valence-corrected chi connectivity index (χ2v) is 5.30. The Hall–Kier alpha value is -0.570. The van der Waals surface area contributed by atoms with E-state index in [2.05, 4.69) is 33.0 Å². The van der Waals surface area contributed by atoms with E-state index in [0.717, 1.165) is 26.1 Å². The van der Waals surface area contributed by atoms with Gasteiger partial charge in [-0.05, 0) is 11.8 Å². The van der Waals surface area contributed by atoms with Gasteiger partial charge in [0.25, 0.3) is 0 Å². The van der Waals surface area contributed by atoms with Gasteiger partial charge in [-0.2, -0.15) is 0 Å². The normalized spacial score (nSPS) is 23.3. The molecule has 3 heteroatoms. The van der Waals surface area contributed by atoms with Gasteiger partial charge < -0.3 is 4.90 Å². The predicted molar refractivity (Wildman–Crippen MR) is 57.9 cm³/mol. The van der Waals surface area contributed by atoms with Gasteiger partial charge in [0.1, 0.15) is 0 Å². The van der Waals surface area contributed by atoms with Crippen LogP contribution < -0.4 is 5.32 Å². The summed E-state index contributed by atoms with van der Waals surface area (Å²) in [7, 11) is 0. The summed E-state index contributed by atoms with van der Waals surface area (Å²) < 4.78 is 0. The lowest BCUT2D eigenvalue weighted by Crippen LogP contribution is -2.36. The Balaban J connectivity index is 2.47. The van der Waals surface area contributed by atoms with E-state index in [9.17, 15) is 4.79 Å². The fourth-order valence-corrected chi connectivity index (χ4v) is 1.83. The van der Waals surface area contributed by atoms with E-state index in [4.69, 9.17) is 0 Å².